The molecule has 0 atom stereocenters. The van der Waals surface area contributed by atoms with Crippen LogP contribution in [0.1, 0.15) is 20.7 Å². The van der Waals surface area contributed by atoms with Crippen LogP contribution in [0.3, 0.4) is 0 Å². The molecule has 0 fully saturated rings. The third kappa shape index (κ3) is 2.70. The Kier molecular flexibility index (Phi) is 3.76. The second-order valence-corrected chi connectivity index (χ2v) is 4.39. The number of benzene rings is 2. The Morgan fingerprint density at radius 3 is 2.18 bits per heavy atom. The molecule has 0 saturated carbocycles. The highest BCUT2D eigenvalue weighted by Gasteiger charge is 2.19. The number of aromatic hydroxyl groups is 2. The van der Waals surface area contributed by atoms with Gasteiger partial charge in [0, 0.05) is 5.69 Å². The maximum atomic E-state index is 11.2. The van der Waals surface area contributed by atoms with Gasteiger partial charge in [0.15, 0.2) is 0 Å². The number of nitrogen functional groups attached to an aromatic ring is 1. The summed E-state index contributed by atoms with van der Waals surface area (Å²) < 4.78 is 0. The summed E-state index contributed by atoms with van der Waals surface area (Å²) in [6.45, 7) is 0. The fraction of sp³-hybridized carbons (Fsp3) is 0. The molecule has 2 rings (SSSR count). The minimum atomic E-state index is -1.40. The van der Waals surface area contributed by atoms with Crippen LogP contribution < -0.4 is 11.1 Å². The van der Waals surface area contributed by atoms with E-state index in [4.69, 9.17) is 15.9 Å². The fourth-order valence-electron chi connectivity index (χ4n) is 1.89. The maximum absolute atomic E-state index is 11.2. The largest absolute Gasteiger partial charge is 0.507 e. The molecule has 8 nitrogen and oxygen atoms in total. The zero-order valence-corrected chi connectivity index (χ0v) is 11.1. The smallest absolute Gasteiger partial charge is 0.341 e. The molecule has 22 heavy (non-hydrogen) atoms. The van der Waals surface area contributed by atoms with Crippen LogP contribution in [0.5, 0.6) is 11.5 Å². The Morgan fingerprint density at radius 1 is 0.955 bits per heavy atom. The molecule has 114 valence electrons. The van der Waals surface area contributed by atoms with Crippen LogP contribution in [-0.2, 0) is 0 Å². The molecule has 2 aromatic carbocycles. The summed E-state index contributed by atoms with van der Waals surface area (Å²) in [7, 11) is 0. The van der Waals surface area contributed by atoms with Gasteiger partial charge in [0.1, 0.15) is 22.6 Å². The molecule has 7 N–H and O–H groups in total. The van der Waals surface area contributed by atoms with E-state index in [1.807, 2.05) is 0 Å². The lowest BCUT2D eigenvalue weighted by molar-refractivity contribution is 0.0682. The first kappa shape index (κ1) is 15.0. The topological polar surface area (TPSA) is 153 Å². The van der Waals surface area contributed by atoms with Gasteiger partial charge in [0.2, 0.25) is 0 Å². The zero-order valence-electron chi connectivity index (χ0n) is 11.1. The van der Waals surface area contributed by atoms with Crippen LogP contribution in [0.25, 0.3) is 0 Å². The van der Waals surface area contributed by atoms with E-state index in [-0.39, 0.29) is 22.6 Å². The van der Waals surface area contributed by atoms with Crippen LogP contribution in [0, 0.1) is 0 Å². The standard InChI is InChI=1S/C14H12N2O6/c15-8-2-4-10(18)11(14(21)22)12(8)16-6-1-3-9(17)7(5-6)13(19)20/h1-5,16-18H,15H2,(H,19,20)(H,21,22). The lowest BCUT2D eigenvalue weighted by Gasteiger charge is -2.14. The minimum Gasteiger partial charge on any atom is -0.507 e. The Morgan fingerprint density at radius 2 is 1.59 bits per heavy atom. The highest BCUT2D eigenvalue weighted by atomic mass is 16.4. The lowest BCUT2D eigenvalue weighted by atomic mass is 10.1. The molecule has 0 unspecified atom stereocenters. The van der Waals surface area contributed by atoms with E-state index < -0.39 is 29.0 Å². The van der Waals surface area contributed by atoms with Gasteiger partial charge in [-0.3, -0.25) is 0 Å². The van der Waals surface area contributed by atoms with Gasteiger partial charge in [-0.1, -0.05) is 0 Å². The van der Waals surface area contributed by atoms with Gasteiger partial charge in [0.05, 0.1) is 11.4 Å². The highest BCUT2D eigenvalue weighted by molar-refractivity contribution is 6.02. The van der Waals surface area contributed by atoms with Crippen molar-refractivity contribution < 1.29 is 30.0 Å². The van der Waals surface area contributed by atoms with Crippen LogP contribution in [0.2, 0.25) is 0 Å². The van der Waals surface area contributed by atoms with Crippen molar-refractivity contribution in [2.75, 3.05) is 11.1 Å². The number of aromatic carboxylic acids is 2. The van der Waals surface area contributed by atoms with Crippen molar-refractivity contribution in [3.8, 4) is 11.5 Å². The summed E-state index contributed by atoms with van der Waals surface area (Å²) in [5, 5.41) is 39.8. The lowest BCUT2D eigenvalue weighted by Crippen LogP contribution is -2.07. The molecule has 8 heteroatoms. The van der Waals surface area contributed by atoms with Crippen LogP contribution in [0.15, 0.2) is 30.3 Å². The number of carboxylic acids is 2. The second kappa shape index (κ2) is 5.52. The number of carboxylic acid groups (broad SMARTS) is 2. The number of hydrogen-bond donors (Lipinski definition) is 6. The van der Waals surface area contributed by atoms with E-state index in [0.717, 1.165) is 18.2 Å². The van der Waals surface area contributed by atoms with Crippen LogP contribution in [0.4, 0.5) is 17.1 Å². The number of nitrogens with one attached hydrogen (secondary N) is 1. The summed E-state index contributed by atoms with van der Waals surface area (Å²) in [6.07, 6.45) is 0. The molecule has 0 heterocycles. The number of anilines is 3. The number of phenols is 2. The summed E-state index contributed by atoms with van der Waals surface area (Å²) >= 11 is 0. The number of hydrogen-bond acceptors (Lipinski definition) is 6. The number of carbonyl (C=O) groups is 2. The van der Waals surface area contributed by atoms with E-state index in [9.17, 15) is 19.8 Å². The van der Waals surface area contributed by atoms with Gasteiger partial charge in [-0.15, -0.1) is 0 Å². The van der Waals surface area contributed by atoms with E-state index in [1.54, 1.807) is 0 Å². The monoisotopic (exact) mass is 304 g/mol. The average Bonchev–Trinajstić information content (AvgIpc) is 2.44. The first-order valence-corrected chi connectivity index (χ1v) is 5.99. The molecule has 0 bridgehead atoms. The highest BCUT2D eigenvalue weighted by Crippen LogP contribution is 2.34. The predicted molar refractivity (Wildman–Crippen MR) is 77.8 cm³/mol. The summed E-state index contributed by atoms with van der Waals surface area (Å²) in [5.74, 6) is -3.66. The van der Waals surface area contributed by atoms with Gasteiger partial charge < -0.3 is 31.5 Å². The Labute approximate surface area is 124 Å². The minimum absolute atomic E-state index is 0.0557. The first-order chi connectivity index (χ1) is 10.3. The summed E-state index contributed by atoms with van der Waals surface area (Å²) in [4.78, 5) is 22.2. The average molecular weight is 304 g/mol. The summed E-state index contributed by atoms with van der Waals surface area (Å²) in [6, 6.07) is 6.06. The SMILES string of the molecule is Nc1ccc(O)c(C(=O)O)c1Nc1ccc(O)c(C(=O)O)c1. The Hall–Kier alpha value is -3.42. The molecular formula is C14H12N2O6. The van der Waals surface area contributed by atoms with Crippen molar-refractivity contribution in [1.82, 2.24) is 0 Å². The van der Waals surface area contributed by atoms with Crippen molar-refractivity contribution in [1.29, 1.82) is 0 Å². The zero-order chi connectivity index (χ0) is 16.4. The fourth-order valence-corrected chi connectivity index (χ4v) is 1.89. The number of nitrogens with two attached hydrogens (primary N) is 1. The van der Waals surface area contributed by atoms with Gasteiger partial charge in [-0.25, -0.2) is 9.59 Å². The molecule has 0 radical (unpaired) electrons. The third-order valence-corrected chi connectivity index (χ3v) is 2.93. The Bertz CT molecular complexity index is 772. The van der Waals surface area contributed by atoms with E-state index >= 15 is 0 Å². The third-order valence-electron chi connectivity index (χ3n) is 2.93. The molecule has 0 aliphatic heterocycles. The van der Waals surface area contributed by atoms with Gasteiger partial charge in [-0.2, -0.15) is 0 Å². The van der Waals surface area contributed by atoms with Crippen LogP contribution in [-0.4, -0.2) is 32.4 Å². The van der Waals surface area contributed by atoms with E-state index in [0.29, 0.717) is 0 Å². The second-order valence-electron chi connectivity index (χ2n) is 4.39. The molecular weight excluding hydrogens is 292 g/mol. The first-order valence-electron chi connectivity index (χ1n) is 5.99. The summed E-state index contributed by atoms with van der Waals surface area (Å²) in [5.41, 5.74) is 5.07. The predicted octanol–water partition coefficient (Wildman–Crippen LogP) is 1.82. The molecule has 0 aromatic heterocycles. The molecule has 0 saturated heterocycles. The van der Waals surface area contributed by atoms with Gasteiger partial charge >= 0.3 is 11.9 Å². The normalized spacial score (nSPS) is 10.2. The molecule has 0 aliphatic rings. The van der Waals surface area contributed by atoms with Crippen LogP contribution >= 0.6 is 0 Å². The van der Waals surface area contributed by atoms with Gasteiger partial charge in [-0.05, 0) is 30.3 Å². The van der Waals surface area contributed by atoms with Crippen molar-refractivity contribution in [2.24, 2.45) is 0 Å². The van der Waals surface area contributed by atoms with Gasteiger partial charge in [0.25, 0.3) is 0 Å². The van der Waals surface area contributed by atoms with Crippen molar-refractivity contribution in [3.63, 3.8) is 0 Å². The van der Waals surface area contributed by atoms with Crippen molar-refractivity contribution in [3.05, 3.63) is 41.5 Å². The molecule has 2 aromatic rings. The van der Waals surface area contributed by atoms with E-state index in [1.165, 1.54) is 12.1 Å². The molecule has 0 spiro atoms. The van der Waals surface area contributed by atoms with E-state index in [2.05, 4.69) is 5.32 Å². The number of rotatable bonds is 4. The Balaban J connectivity index is 2.52. The van der Waals surface area contributed by atoms with Crippen molar-refractivity contribution >= 4 is 29.0 Å². The quantitative estimate of drug-likeness (QED) is 0.369. The van der Waals surface area contributed by atoms with Crippen molar-refractivity contribution in [2.45, 2.75) is 0 Å². The molecule has 0 aliphatic carbocycles. The molecule has 0 amide bonds. The maximum Gasteiger partial charge on any atom is 0.341 e.